The number of rotatable bonds is 6. The lowest BCUT2D eigenvalue weighted by molar-refractivity contribution is 0.158. The van der Waals surface area contributed by atoms with Crippen LogP contribution in [0.3, 0.4) is 0 Å². The second kappa shape index (κ2) is 6.91. The third-order valence-corrected chi connectivity index (χ3v) is 3.68. The van der Waals surface area contributed by atoms with Gasteiger partial charge in [-0.15, -0.1) is 0 Å². The Morgan fingerprint density at radius 2 is 1.93 bits per heavy atom. The summed E-state index contributed by atoms with van der Waals surface area (Å²) in [5, 5.41) is 10.3. The number of thioether (sulfide) groups is 1. The SMILES string of the molecule is CCCC[C@@H](O)[C@@H](SC)c1ccccc1. The lowest BCUT2D eigenvalue weighted by atomic mass is 10.0. The van der Waals surface area contributed by atoms with Crippen molar-refractivity contribution in [3.8, 4) is 0 Å². The minimum Gasteiger partial charge on any atom is -0.392 e. The first-order chi connectivity index (χ1) is 7.29. The number of benzene rings is 1. The van der Waals surface area contributed by atoms with E-state index in [1.165, 1.54) is 5.56 Å². The van der Waals surface area contributed by atoms with Crippen molar-refractivity contribution in [2.75, 3.05) is 6.26 Å². The second-order valence-corrected chi connectivity index (χ2v) is 4.76. The second-order valence-electron chi connectivity index (χ2n) is 3.78. The summed E-state index contributed by atoms with van der Waals surface area (Å²) in [5.74, 6) is 0. The average Bonchev–Trinajstić information content (AvgIpc) is 2.29. The molecule has 0 aliphatic carbocycles. The van der Waals surface area contributed by atoms with Crippen molar-refractivity contribution in [3.05, 3.63) is 35.9 Å². The van der Waals surface area contributed by atoms with Crippen LogP contribution in [0.5, 0.6) is 0 Å². The summed E-state index contributed by atoms with van der Waals surface area (Å²) in [6.07, 6.45) is 4.99. The minimum atomic E-state index is -0.220. The highest BCUT2D eigenvalue weighted by atomic mass is 32.2. The molecule has 0 heterocycles. The number of aliphatic hydroxyl groups excluding tert-OH is 1. The number of unbranched alkanes of at least 4 members (excludes halogenated alkanes) is 1. The summed E-state index contributed by atoms with van der Waals surface area (Å²) in [6, 6.07) is 10.3. The normalized spacial score (nSPS) is 14.9. The van der Waals surface area contributed by atoms with Crippen molar-refractivity contribution in [1.29, 1.82) is 0 Å². The summed E-state index contributed by atoms with van der Waals surface area (Å²) in [5.41, 5.74) is 1.23. The van der Waals surface area contributed by atoms with Gasteiger partial charge in [0.05, 0.1) is 11.4 Å². The molecule has 15 heavy (non-hydrogen) atoms. The lowest BCUT2D eigenvalue weighted by Crippen LogP contribution is -2.15. The van der Waals surface area contributed by atoms with Crippen LogP contribution in [-0.4, -0.2) is 17.5 Å². The van der Waals surface area contributed by atoms with Gasteiger partial charge in [-0.3, -0.25) is 0 Å². The highest BCUT2D eigenvalue weighted by Gasteiger charge is 2.18. The highest BCUT2D eigenvalue weighted by Crippen LogP contribution is 2.32. The van der Waals surface area contributed by atoms with Crippen LogP contribution in [0.25, 0.3) is 0 Å². The molecule has 0 unspecified atom stereocenters. The molecule has 1 aromatic carbocycles. The van der Waals surface area contributed by atoms with Gasteiger partial charge in [0.15, 0.2) is 0 Å². The van der Waals surface area contributed by atoms with Gasteiger partial charge in [-0.25, -0.2) is 0 Å². The smallest absolute Gasteiger partial charge is 0.0699 e. The molecular formula is C13H20OS. The molecule has 0 bridgehead atoms. The third kappa shape index (κ3) is 3.88. The Balaban J connectivity index is 2.63. The van der Waals surface area contributed by atoms with Crippen LogP contribution in [0.2, 0.25) is 0 Å². The Kier molecular flexibility index (Phi) is 5.81. The summed E-state index contributed by atoms with van der Waals surface area (Å²) in [6.45, 7) is 2.16. The van der Waals surface area contributed by atoms with Crippen LogP contribution < -0.4 is 0 Å². The zero-order chi connectivity index (χ0) is 11.1. The largest absolute Gasteiger partial charge is 0.392 e. The van der Waals surface area contributed by atoms with E-state index >= 15 is 0 Å². The topological polar surface area (TPSA) is 20.2 Å². The van der Waals surface area contributed by atoms with Gasteiger partial charge >= 0.3 is 0 Å². The third-order valence-electron chi connectivity index (χ3n) is 2.58. The Morgan fingerprint density at radius 3 is 2.47 bits per heavy atom. The lowest BCUT2D eigenvalue weighted by Gasteiger charge is -2.21. The molecule has 0 aliphatic rings. The van der Waals surface area contributed by atoms with Crippen molar-refractivity contribution in [2.24, 2.45) is 0 Å². The van der Waals surface area contributed by atoms with Gasteiger partial charge in [-0.05, 0) is 18.2 Å². The monoisotopic (exact) mass is 224 g/mol. The molecule has 1 rings (SSSR count). The molecule has 0 saturated heterocycles. The molecular weight excluding hydrogens is 204 g/mol. The summed E-state index contributed by atoms with van der Waals surface area (Å²) in [4.78, 5) is 0. The van der Waals surface area contributed by atoms with Crippen LogP contribution >= 0.6 is 11.8 Å². The summed E-state index contributed by atoms with van der Waals surface area (Å²) < 4.78 is 0. The zero-order valence-corrected chi connectivity index (χ0v) is 10.3. The molecule has 1 N–H and O–H groups in total. The maximum absolute atomic E-state index is 10.1. The zero-order valence-electron chi connectivity index (χ0n) is 9.52. The van der Waals surface area contributed by atoms with Crippen LogP contribution in [0.4, 0.5) is 0 Å². The van der Waals surface area contributed by atoms with Crippen LogP contribution in [0.15, 0.2) is 30.3 Å². The van der Waals surface area contributed by atoms with Crippen molar-refractivity contribution in [3.63, 3.8) is 0 Å². The Hall–Kier alpha value is -0.470. The van der Waals surface area contributed by atoms with E-state index < -0.39 is 0 Å². The van der Waals surface area contributed by atoms with E-state index in [0.717, 1.165) is 19.3 Å². The van der Waals surface area contributed by atoms with Gasteiger partial charge in [0.2, 0.25) is 0 Å². The van der Waals surface area contributed by atoms with E-state index in [1.807, 2.05) is 18.2 Å². The molecule has 0 amide bonds. The molecule has 84 valence electrons. The van der Waals surface area contributed by atoms with E-state index in [1.54, 1.807) is 11.8 Å². The van der Waals surface area contributed by atoms with Crippen LogP contribution in [-0.2, 0) is 0 Å². The van der Waals surface area contributed by atoms with Crippen LogP contribution in [0.1, 0.15) is 37.0 Å². The first-order valence-electron chi connectivity index (χ1n) is 5.55. The molecule has 0 saturated carbocycles. The van der Waals surface area contributed by atoms with E-state index in [9.17, 15) is 5.11 Å². The first-order valence-corrected chi connectivity index (χ1v) is 6.84. The van der Waals surface area contributed by atoms with Crippen molar-refractivity contribution in [1.82, 2.24) is 0 Å². The molecule has 1 aromatic rings. The highest BCUT2D eigenvalue weighted by molar-refractivity contribution is 7.98. The van der Waals surface area contributed by atoms with E-state index in [0.29, 0.717) is 0 Å². The molecule has 0 radical (unpaired) electrons. The molecule has 0 aliphatic heterocycles. The molecule has 0 fully saturated rings. The van der Waals surface area contributed by atoms with Crippen molar-refractivity contribution in [2.45, 2.75) is 37.5 Å². The van der Waals surface area contributed by atoms with Crippen molar-refractivity contribution >= 4 is 11.8 Å². The predicted octanol–water partition coefficient (Wildman–Crippen LogP) is 3.64. The Morgan fingerprint density at radius 1 is 1.27 bits per heavy atom. The fourth-order valence-corrected chi connectivity index (χ4v) is 2.60. The fourth-order valence-electron chi connectivity index (χ4n) is 1.72. The van der Waals surface area contributed by atoms with Gasteiger partial charge in [0.1, 0.15) is 0 Å². The van der Waals surface area contributed by atoms with Gasteiger partial charge in [-0.2, -0.15) is 11.8 Å². The summed E-state index contributed by atoms with van der Waals surface area (Å²) in [7, 11) is 0. The van der Waals surface area contributed by atoms with Gasteiger partial charge in [0.25, 0.3) is 0 Å². The maximum atomic E-state index is 10.1. The minimum absolute atomic E-state index is 0.220. The molecule has 2 atom stereocenters. The van der Waals surface area contributed by atoms with E-state index in [-0.39, 0.29) is 11.4 Å². The maximum Gasteiger partial charge on any atom is 0.0699 e. The van der Waals surface area contributed by atoms with Gasteiger partial charge in [-0.1, -0.05) is 50.1 Å². The van der Waals surface area contributed by atoms with E-state index in [4.69, 9.17) is 0 Å². The first kappa shape index (κ1) is 12.6. The number of aliphatic hydroxyl groups is 1. The number of hydrogen-bond acceptors (Lipinski definition) is 2. The molecule has 1 nitrogen and oxygen atoms in total. The Labute approximate surface area is 96.9 Å². The molecule has 0 aromatic heterocycles. The standard InChI is InChI=1S/C13H20OS/c1-3-4-10-12(14)13(15-2)11-8-6-5-7-9-11/h5-9,12-14H,3-4,10H2,1-2H3/t12-,13+/m1/s1. The van der Waals surface area contributed by atoms with Gasteiger partial charge < -0.3 is 5.11 Å². The van der Waals surface area contributed by atoms with Crippen molar-refractivity contribution < 1.29 is 5.11 Å². The predicted molar refractivity (Wildman–Crippen MR) is 68.2 cm³/mol. The number of hydrogen-bond donors (Lipinski definition) is 1. The quantitative estimate of drug-likeness (QED) is 0.796. The average molecular weight is 224 g/mol. The summed E-state index contributed by atoms with van der Waals surface area (Å²) >= 11 is 1.73. The molecule has 0 spiro atoms. The van der Waals surface area contributed by atoms with E-state index in [2.05, 4.69) is 25.3 Å². The van der Waals surface area contributed by atoms with Gasteiger partial charge in [0, 0.05) is 0 Å². The van der Waals surface area contributed by atoms with Crippen LogP contribution in [0, 0.1) is 0 Å². The molecule has 2 heteroatoms. The Bertz CT molecular complexity index is 260. The fraction of sp³-hybridized carbons (Fsp3) is 0.538.